The van der Waals surface area contributed by atoms with Crippen LogP contribution >= 0.6 is 0 Å². The van der Waals surface area contributed by atoms with E-state index in [0.717, 1.165) is 5.92 Å². The minimum atomic E-state index is 0.487. The molecule has 2 heteroatoms. The highest BCUT2D eigenvalue weighted by molar-refractivity contribution is 4.71. The Labute approximate surface area is 94.8 Å². The van der Waals surface area contributed by atoms with Gasteiger partial charge in [0.15, 0.2) is 0 Å². The molecule has 0 aromatic rings. The summed E-state index contributed by atoms with van der Waals surface area (Å²) in [5, 5.41) is 3.55. The van der Waals surface area contributed by atoms with Crippen molar-refractivity contribution in [3.8, 4) is 0 Å². The molecule has 0 amide bonds. The molecule has 1 N–H and O–H groups in total. The smallest absolute Gasteiger partial charge is 0.0571 e. The largest absolute Gasteiger partial charge is 0.381 e. The Morgan fingerprint density at radius 1 is 1.33 bits per heavy atom. The lowest BCUT2D eigenvalue weighted by atomic mass is 9.85. The molecule has 1 saturated carbocycles. The van der Waals surface area contributed by atoms with Crippen molar-refractivity contribution in [1.29, 1.82) is 0 Å². The van der Waals surface area contributed by atoms with Gasteiger partial charge in [0.05, 0.1) is 6.10 Å². The van der Waals surface area contributed by atoms with Gasteiger partial charge in [0.25, 0.3) is 0 Å². The number of hydrogen-bond acceptors (Lipinski definition) is 2. The fraction of sp³-hybridized carbons (Fsp3) is 1.00. The molecule has 0 heterocycles. The van der Waals surface area contributed by atoms with E-state index in [9.17, 15) is 0 Å². The molecule has 15 heavy (non-hydrogen) atoms. The summed E-state index contributed by atoms with van der Waals surface area (Å²) in [5.74, 6) is 0.985. The molecule has 1 atom stereocenters. The first-order chi connectivity index (χ1) is 7.36. The minimum Gasteiger partial charge on any atom is -0.381 e. The summed E-state index contributed by atoms with van der Waals surface area (Å²) in [5.41, 5.74) is 0. The molecule has 0 aromatic carbocycles. The van der Waals surface area contributed by atoms with E-state index in [4.69, 9.17) is 4.74 Å². The van der Waals surface area contributed by atoms with E-state index in [2.05, 4.69) is 12.2 Å². The first-order valence-corrected chi connectivity index (χ1v) is 6.60. The van der Waals surface area contributed by atoms with Gasteiger partial charge in [-0.2, -0.15) is 0 Å². The Hall–Kier alpha value is -0.0800. The van der Waals surface area contributed by atoms with Crippen molar-refractivity contribution in [1.82, 2.24) is 5.32 Å². The van der Waals surface area contributed by atoms with Crippen molar-refractivity contribution < 1.29 is 4.74 Å². The molecule has 0 saturated heterocycles. The van der Waals surface area contributed by atoms with Crippen LogP contribution in [-0.2, 0) is 4.74 Å². The SMILES string of the molecule is CCC[C@H](CCCNCC1CCC1)OC. The Balaban J connectivity index is 1.85. The fourth-order valence-electron chi connectivity index (χ4n) is 2.16. The average molecular weight is 213 g/mol. The van der Waals surface area contributed by atoms with Gasteiger partial charge in [0.1, 0.15) is 0 Å². The molecule has 0 aromatic heterocycles. The van der Waals surface area contributed by atoms with Gasteiger partial charge in [-0.05, 0) is 51.1 Å². The molecule has 90 valence electrons. The molecule has 0 spiro atoms. The van der Waals surface area contributed by atoms with Gasteiger partial charge in [-0.25, -0.2) is 0 Å². The van der Waals surface area contributed by atoms with E-state index in [-0.39, 0.29) is 0 Å². The van der Waals surface area contributed by atoms with Crippen LogP contribution in [-0.4, -0.2) is 26.3 Å². The standard InChI is InChI=1S/C13H27NO/c1-3-6-13(15-2)9-5-10-14-11-12-7-4-8-12/h12-14H,3-11H2,1-2H3/t13-/m1/s1. The number of methoxy groups -OCH3 is 1. The maximum Gasteiger partial charge on any atom is 0.0571 e. The van der Waals surface area contributed by atoms with E-state index in [1.165, 1.54) is 58.0 Å². The summed E-state index contributed by atoms with van der Waals surface area (Å²) in [7, 11) is 1.84. The van der Waals surface area contributed by atoms with Crippen LogP contribution in [0.2, 0.25) is 0 Å². The quantitative estimate of drug-likeness (QED) is 0.595. The second-order valence-electron chi connectivity index (χ2n) is 4.79. The molecule has 1 aliphatic rings. The Bertz CT molecular complexity index is 145. The third-order valence-corrected chi connectivity index (χ3v) is 3.48. The van der Waals surface area contributed by atoms with Gasteiger partial charge in [0, 0.05) is 7.11 Å². The van der Waals surface area contributed by atoms with Crippen molar-refractivity contribution in [3.05, 3.63) is 0 Å². The summed E-state index contributed by atoms with van der Waals surface area (Å²) >= 11 is 0. The van der Waals surface area contributed by atoms with Crippen LogP contribution in [0.1, 0.15) is 51.9 Å². The minimum absolute atomic E-state index is 0.487. The lowest BCUT2D eigenvalue weighted by Crippen LogP contribution is -2.28. The number of hydrogen-bond donors (Lipinski definition) is 1. The number of nitrogens with one attached hydrogen (secondary N) is 1. The molecule has 0 radical (unpaired) electrons. The maximum atomic E-state index is 5.42. The van der Waals surface area contributed by atoms with E-state index >= 15 is 0 Å². The van der Waals surface area contributed by atoms with E-state index in [1.807, 2.05) is 7.11 Å². The summed E-state index contributed by atoms with van der Waals surface area (Å²) in [6.07, 6.45) is 9.74. The predicted octanol–water partition coefficient (Wildman–Crippen LogP) is 2.97. The molecule has 2 nitrogen and oxygen atoms in total. The first kappa shape index (κ1) is 13.0. The third kappa shape index (κ3) is 5.53. The van der Waals surface area contributed by atoms with Crippen molar-refractivity contribution in [3.63, 3.8) is 0 Å². The molecule has 1 aliphatic carbocycles. The molecule has 1 fully saturated rings. The molecular weight excluding hydrogens is 186 g/mol. The van der Waals surface area contributed by atoms with Crippen molar-refractivity contribution >= 4 is 0 Å². The molecule has 1 rings (SSSR count). The highest BCUT2D eigenvalue weighted by Crippen LogP contribution is 2.25. The molecule has 0 aliphatic heterocycles. The van der Waals surface area contributed by atoms with Gasteiger partial charge < -0.3 is 10.1 Å². The zero-order valence-electron chi connectivity index (χ0n) is 10.4. The van der Waals surface area contributed by atoms with Crippen LogP contribution in [0.3, 0.4) is 0 Å². The molecule has 0 bridgehead atoms. The van der Waals surface area contributed by atoms with Crippen LogP contribution in [0.4, 0.5) is 0 Å². The van der Waals surface area contributed by atoms with E-state index < -0.39 is 0 Å². The van der Waals surface area contributed by atoms with Gasteiger partial charge >= 0.3 is 0 Å². The van der Waals surface area contributed by atoms with Gasteiger partial charge in [0.2, 0.25) is 0 Å². The maximum absolute atomic E-state index is 5.42. The second-order valence-corrected chi connectivity index (χ2v) is 4.79. The summed E-state index contributed by atoms with van der Waals surface area (Å²) < 4.78 is 5.42. The average Bonchev–Trinajstić information content (AvgIpc) is 2.18. The van der Waals surface area contributed by atoms with Gasteiger partial charge in [-0.3, -0.25) is 0 Å². The van der Waals surface area contributed by atoms with Crippen LogP contribution in [0.5, 0.6) is 0 Å². The third-order valence-electron chi connectivity index (χ3n) is 3.48. The number of rotatable bonds is 9. The second kappa shape index (κ2) is 8.12. The Kier molecular flexibility index (Phi) is 7.03. The van der Waals surface area contributed by atoms with Crippen LogP contribution < -0.4 is 5.32 Å². The van der Waals surface area contributed by atoms with E-state index in [0.29, 0.717) is 6.10 Å². The zero-order valence-corrected chi connectivity index (χ0v) is 10.4. The number of ether oxygens (including phenoxy) is 1. The van der Waals surface area contributed by atoms with Crippen LogP contribution in [0, 0.1) is 5.92 Å². The fourth-order valence-corrected chi connectivity index (χ4v) is 2.16. The van der Waals surface area contributed by atoms with Crippen molar-refractivity contribution in [2.75, 3.05) is 20.2 Å². The topological polar surface area (TPSA) is 21.3 Å². The highest BCUT2D eigenvalue weighted by Gasteiger charge is 2.16. The predicted molar refractivity (Wildman–Crippen MR) is 65.1 cm³/mol. The Morgan fingerprint density at radius 2 is 2.13 bits per heavy atom. The van der Waals surface area contributed by atoms with Gasteiger partial charge in [-0.15, -0.1) is 0 Å². The van der Waals surface area contributed by atoms with Crippen LogP contribution in [0.25, 0.3) is 0 Å². The monoisotopic (exact) mass is 213 g/mol. The molecule has 0 unspecified atom stereocenters. The lowest BCUT2D eigenvalue weighted by molar-refractivity contribution is 0.0855. The van der Waals surface area contributed by atoms with Gasteiger partial charge in [-0.1, -0.05) is 19.8 Å². The first-order valence-electron chi connectivity index (χ1n) is 6.60. The molecular formula is C13H27NO. The van der Waals surface area contributed by atoms with Crippen molar-refractivity contribution in [2.24, 2.45) is 5.92 Å². The summed E-state index contributed by atoms with van der Waals surface area (Å²) in [6, 6.07) is 0. The lowest BCUT2D eigenvalue weighted by Gasteiger charge is -2.25. The Morgan fingerprint density at radius 3 is 2.67 bits per heavy atom. The summed E-state index contributed by atoms with van der Waals surface area (Å²) in [6.45, 7) is 4.63. The van der Waals surface area contributed by atoms with E-state index in [1.54, 1.807) is 0 Å². The summed E-state index contributed by atoms with van der Waals surface area (Å²) in [4.78, 5) is 0. The van der Waals surface area contributed by atoms with Crippen molar-refractivity contribution in [2.45, 2.75) is 58.0 Å². The highest BCUT2D eigenvalue weighted by atomic mass is 16.5. The normalized spacial score (nSPS) is 18.8. The van der Waals surface area contributed by atoms with Crippen LogP contribution in [0.15, 0.2) is 0 Å². The zero-order chi connectivity index (χ0) is 10.9.